The monoisotopic (exact) mass is 306 g/mol. The van der Waals surface area contributed by atoms with Crippen LogP contribution in [-0.4, -0.2) is 49.8 Å². The SMILES string of the molecule is C#CC(C)N1CCN(S(=O)(=O)c2ccc(C)c(C)c2)CC1. The summed E-state index contributed by atoms with van der Waals surface area (Å²) >= 11 is 0. The van der Waals surface area contributed by atoms with Crippen molar-refractivity contribution in [3.63, 3.8) is 0 Å². The zero-order valence-electron chi connectivity index (χ0n) is 12.8. The van der Waals surface area contributed by atoms with Gasteiger partial charge in [-0.15, -0.1) is 6.42 Å². The molecule has 1 aliphatic heterocycles. The van der Waals surface area contributed by atoms with E-state index in [-0.39, 0.29) is 6.04 Å². The lowest BCUT2D eigenvalue weighted by atomic mass is 10.1. The van der Waals surface area contributed by atoms with E-state index >= 15 is 0 Å². The van der Waals surface area contributed by atoms with Crippen LogP contribution in [0.2, 0.25) is 0 Å². The number of aryl methyl sites for hydroxylation is 2. The van der Waals surface area contributed by atoms with Gasteiger partial charge in [-0.2, -0.15) is 4.31 Å². The second-order valence-electron chi connectivity index (χ2n) is 5.53. The molecule has 0 bridgehead atoms. The lowest BCUT2D eigenvalue weighted by molar-refractivity contribution is 0.170. The van der Waals surface area contributed by atoms with E-state index in [2.05, 4.69) is 10.8 Å². The lowest BCUT2D eigenvalue weighted by Crippen LogP contribution is -2.50. The third kappa shape index (κ3) is 3.29. The molecule has 1 aliphatic rings. The minimum absolute atomic E-state index is 0.0523. The summed E-state index contributed by atoms with van der Waals surface area (Å²) in [4.78, 5) is 2.51. The molecule has 1 saturated heterocycles. The summed E-state index contributed by atoms with van der Waals surface area (Å²) in [7, 11) is -3.40. The van der Waals surface area contributed by atoms with Gasteiger partial charge < -0.3 is 0 Å². The molecule has 0 radical (unpaired) electrons. The van der Waals surface area contributed by atoms with Gasteiger partial charge in [-0.25, -0.2) is 8.42 Å². The Hall–Kier alpha value is -1.35. The van der Waals surface area contributed by atoms with Crippen molar-refractivity contribution in [1.29, 1.82) is 0 Å². The van der Waals surface area contributed by atoms with Crippen LogP contribution in [0, 0.1) is 26.2 Å². The Morgan fingerprint density at radius 2 is 1.76 bits per heavy atom. The van der Waals surface area contributed by atoms with Crippen LogP contribution in [0.4, 0.5) is 0 Å². The molecule has 1 heterocycles. The van der Waals surface area contributed by atoms with Gasteiger partial charge in [0, 0.05) is 26.2 Å². The molecule has 0 saturated carbocycles. The first-order valence-corrected chi connectivity index (χ1v) is 8.58. The topological polar surface area (TPSA) is 40.6 Å². The molecule has 0 spiro atoms. The molecule has 1 aromatic rings. The van der Waals surface area contributed by atoms with E-state index in [9.17, 15) is 8.42 Å². The summed E-state index contributed by atoms with van der Waals surface area (Å²) in [5.74, 6) is 2.69. The number of rotatable bonds is 3. The Morgan fingerprint density at radius 3 is 2.29 bits per heavy atom. The minimum atomic E-state index is -3.40. The highest BCUT2D eigenvalue weighted by Crippen LogP contribution is 2.20. The van der Waals surface area contributed by atoms with Crippen LogP contribution in [0.5, 0.6) is 0 Å². The molecule has 1 fully saturated rings. The van der Waals surface area contributed by atoms with Crippen LogP contribution in [0.25, 0.3) is 0 Å². The van der Waals surface area contributed by atoms with Crippen molar-refractivity contribution in [2.45, 2.75) is 31.7 Å². The standard InChI is InChI=1S/C16H22N2O2S/c1-5-15(4)17-8-10-18(11-9-17)21(19,20)16-7-6-13(2)14(3)12-16/h1,6-7,12,15H,8-11H2,2-4H3. The van der Waals surface area contributed by atoms with Gasteiger partial charge in [-0.3, -0.25) is 4.90 Å². The van der Waals surface area contributed by atoms with Crippen molar-refractivity contribution < 1.29 is 8.42 Å². The number of nitrogens with zero attached hydrogens (tertiary/aromatic N) is 2. The predicted molar refractivity (Wildman–Crippen MR) is 84.5 cm³/mol. The lowest BCUT2D eigenvalue weighted by Gasteiger charge is -2.35. The van der Waals surface area contributed by atoms with Crippen LogP contribution >= 0.6 is 0 Å². The van der Waals surface area contributed by atoms with Crippen molar-refractivity contribution in [3.8, 4) is 12.3 Å². The summed E-state index contributed by atoms with van der Waals surface area (Å²) in [5.41, 5.74) is 2.09. The zero-order chi connectivity index (χ0) is 15.6. The second-order valence-corrected chi connectivity index (χ2v) is 7.47. The molecule has 2 rings (SSSR count). The van der Waals surface area contributed by atoms with E-state index in [1.807, 2.05) is 26.8 Å². The molecule has 5 heteroatoms. The number of terminal acetylenes is 1. The highest BCUT2D eigenvalue weighted by Gasteiger charge is 2.29. The minimum Gasteiger partial charge on any atom is -0.287 e. The van der Waals surface area contributed by atoms with Gasteiger partial charge in [0.15, 0.2) is 0 Å². The third-order valence-corrected chi connectivity index (χ3v) is 6.07. The van der Waals surface area contributed by atoms with Crippen molar-refractivity contribution >= 4 is 10.0 Å². The van der Waals surface area contributed by atoms with Crippen molar-refractivity contribution in [2.75, 3.05) is 26.2 Å². The molecular weight excluding hydrogens is 284 g/mol. The van der Waals surface area contributed by atoms with Gasteiger partial charge in [0.05, 0.1) is 10.9 Å². The normalized spacial score (nSPS) is 19.1. The molecule has 114 valence electrons. The van der Waals surface area contributed by atoms with Crippen molar-refractivity contribution in [3.05, 3.63) is 29.3 Å². The average Bonchev–Trinajstić information content (AvgIpc) is 2.49. The van der Waals surface area contributed by atoms with Crippen LogP contribution in [0.15, 0.2) is 23.1 Å². The number of hydrogen-bond donors (Lipinski definition) is 0. The van der Waals surface area contributed by atoms with Crippen LogP contribution in [0.1, 0.15) is 18.1 Å². The summed E-state index contributed by atoms with van der Waals surface area (Å²) in [6.45, 7) is 8.20. The second kappa shape index (κ2) is 6.18. The highest BCUT2D eigenvalue weighted by molar-refractivity contribution is 7.89. The van der Waals surface area contributed by atoms with E-state index in [1.54, 1.807) is 16.4 Å². The molecule has 0 amide bonds. The first-order valence-electron chi connectivity index (χ1n) is 7.14. The quantitative estimate of drug-likeness (QED) is 0.797. The summed E-state index contributed by atoms with van der Waals surface area (Å²) < 4.78 is 26.9. The van der Waals surface area contributed by atoms with E-state index in [0.717, 1.165) is 11.1 Å². The maximum absolute atomic E-state index is 12.7. The Morgan fingerprint density at radius 1 is 1.14 bits per heavy atom. The maximum Gasteiger partial charge on any atom is 0.243 e. The van der Waals surface area contributed by atoms with Gasteiger partial charge in [0.1, 0.15) is 0 Å². The molecule has 1 unspecified atom stereocenters. The molecular formula is C16H22N2O2S. The fraction of sp³-hybridized carbons (Fsp3) is 0.500. The van der Waals surface area contributed by atoms with Crippen LogP contribution in [0.3, 0.4) is 0 Å². The van der Waals surface area contributed by atoms with E-state index in [4.69, 9.17) is 6.42 Å². The third-order valence-electron chi connectivity index (χ3n) is 4.18. The Bertz CT molecular complexity index is 653. The molecule has 0 aliphatic carbocycles. The van der Waals surface area contributed by atoms with Gasteiger partial charge in [0.2, 0.25) is 10.0 Å². The highest BCUT2D eigenvalue weighted by atomic mass is 32.2. The average molecular weight is 306 g/mol. The number of hydrogen-bond acceptors (Lipinski definition) is 3. The van der Waals surface area contributed by atoms with Crippen molar-refractivity contribution in [1.82, 2.24) is 9.21 Å². The molecule has 0 aromatic heterocycles. The Labute approximate surface area is 127 Å². The number of benzene rings is 1. The molecule has 1 aromatic carbocycles. The summed E-state index contributed by atoms with van der Waals surface area (Å²) in [6, 6.07) is 5.35. The largest absolute Gasteiger partial charge is 0.287 e. The van der Waals surface area contributed by atoms with Gasteiger partial charge in [-0.05, 0) is 44.0 Å². The zero-order valence-corrected chi connectivity index (χ0v) is 13.7. The van der Waals surface area contributed by atoms with Crippen molar-refractivity contribution in [2.24, 2.45) is 0 Å². The van der Waals surface area contributed by atoms with Gasteiger partial charge >= 0.3 is 0 Å². The van der Waals surface area contributed by atoms with E-state index in [0.29, 0.717) is 31.1 Å². The van der Waals surface area contributed by atoms with E-state index < -0.39 is 10.0 Å². The van der Waals surface area contributed by atoms with Gasteiger partial charge in [0.25, 0.3) is 0 Å². The molecule has 21 heavy (non-hydrogen) atoms. The summed E-state index contributed by atoms with van der Waals surface area (Å²) in [5, 5.41) is 0. The summed E-state index contributed by atoms with van der Waals surface area (Å²) in [6.07, 6.45) is 5.42. The Kier molecular flexibility index (Phi) is 4.72. The molecule has 0 N–H and O–H groups in total. The first-order chi connectivity index (χ1) is 9.86. The van der Waals surface area contributed by atoms with E-state index in [1.165, 1.54) is 0 Å². The first kappa shape index (κ1) is 16.0. The Balaban J connectivity index is 2.15. The smallest absolute Gasteiger partial charge is 0.243 e. The van der Waals surface area contributed by atoms with Crippen LogP contribution < -0.4 is 0 Å². The molecule has 1 atom stereocenters. The fourth-order valence-corrected chi connectivity index (χ4v) is 3.97. The number of sulfonamides is 1. The predicted octanol–water partition coefficient (Wildman–Crippen LogP) is 1.63. The fourth-order valence-electron chi connectivity index (χ4n) is 2.46. The van der Waals surface area contributed by atoms with Gasteiger partial charge in [-0.1, -0.05) is 12.0 Å². The molecule has 4 nitrogen and oxygen atoms in total. The maximum atomic E-state index is 12.7. The number of piperazine rings is 1. The van der Waals surface area contributed by atoms with Crippen LogP contribution in [-0.2, 0) is 10.0 Å².